The second kappa shape index (κ2) is 9.32. The van der Waals surface area contributed by atoms with Gasteiger partial charge < -0.3 is 16.2 Å². The third kappa shape index (κ3) is 7.06. The molecule has 0 aliphatic carbocycles. The first-order chi connectivity index (χ1) is 10.0. The second-order valence-corrected chi connectivity index (χ2v) is 5.40. The van der Waals surface area contributed by atoms with Gasteiger partial charge >= 0.3 is 0 Å². The van der Waals surface area contributed by atoms with E-state index in [1.807, 2.05) is 37.3 Å². The number of nitrogens with two attached hydrogens (primary N) is 1. The lowest BCUT2D eigenvalue weighted by molar-refractivity contribution is -0.117. The quantitative estimate of drug-likeness (QED) is 0.639. The number of benzene rings is 1. The number of carbonyl (C=O) groups is 1. The van der Waals surface area contributed by atoms with Gasteiger partial charge in [0.25, 0.3) is 0 Å². The molecule has 4 heteroatoms. The number of aliphatic hydroxyl groups excluding tert-OH is 1. The van der Waals surface area contributed by atoms with Crippen LogP contribution in [0.25, 0.3) is 0 Å². The molecule has 0 aromatic heterocycles. The predicted molar refractivity (Wildman–Crippen MR) is 85.8 cm³/mol. The fraction of sp³-hybridized carbons (Fsp3) is 0.471. The van der Waals surface area contributed by atoms with Gasteiger partial charge in [-0.15, -0.1) is 0 Å². The van der Waals surface area contributed by atoms with Gasteiger partial charge in [-0.2, -0.15) is 0 Å². The van der Waals surface area contributed by atoms with Gasteiger partial charge in [0.1, 0.15) is 0 Å². The van der Waals surface area contributed by atoms with Crippen molar-refractivity contribution < 1.29 is 9.90 Å². The summed E-state index contributed by atoms with van der Waals surface area (Å²) in [6.07, 6.45) is 4.52. The van der Waals surface area contributed by atoms with Gasteiger partial charge in [0.15, 0.2) is 0 Å². The van der Waals surface area contributed by atoms with E-state index in [1.165, 1.54) is 12.2 Å². The van der Waals surface area contributed by atoms with Crippen LogP contribution in [-0.4, -0.2) is 29.2 Å². The molecule has 0 aliphatic heterocycles. The van der Waals surface area contributed by atoms with Crippen LogP contribution in [0, 0.1) is 0 Å². The summed E-state index contributed by atoms with van der Waals surface area (Å²) in [7, 11) is 0. The fourth-order valence-corrected chi connectivity index (χ4v) is 2.13. The minimum atomic E-state index is -0.836. The Bertz CT molecular complexity index is 445. The number of hydrogen-bond acceptors (Lipinski definition) is 3. The Hall–Kier alpha value is -1.65. The molecule has 0 saturated carbocycles. The van der Waals surface area contributed by atoms with Crippen molar-refractivity contribution in [1.29, 1.82) is 0 Å². The molecule has 0 aliphatic rings. The van der Waals surface area contributed by atoms with Crippen molar-refractivity contribution in [2.24, 2.45) is 5.73 Å². The van der Waals surface area contributed by atoms with Crippen LogP contribution >= 0.6 is 0 Å². The lowest BCUT2D eigenvalue weighted by Crippen LogP contribution is -2.36. The van der Waals surface area contributed by atoms with Gasteiger partial charge in [-0.05, 0) is 31.4 Å². The summed E-state index contributed by atoms with van der Waals surface area (Å²) in [6.45, 7) is 4.04. The molecule has 3 unspecified atom stereocenters. The Morgan fingerprint density at radius 1 is 1.38 bits per heavy atom. The predicted octanol–water partition coefficient (Wildman–Crippen LogP) is 1.78. The van der Waals surface area contributed by atoms with Crippen LogP contribution in [0.15, 0.2) is 42.5 Å². The van der Waals surface area contributed by atoms with E-state index in [0.717, 1.165) is 18.4 Å². The average Bonchev–Trinajstić information content (AvgIpc) is 2.46. The van der Waals surface area contributed by atoms with E-state index >= 15 is 0 Å². The highest BCUT2D eigenvalue weighted by Crippen LogP contribution is 2.05. The van der Waals surface area contributed by atoms with Crippen LogP contribution in [0.5, 0.6) is 0 Å². The summed E-state index contributed by atoms with van der Waals surface area (Å²) in [5.41, 5.74) is 7.02. The molecule has 21 heavy (non-hydrogen) atoms. The van der Waals surface area contributed by atoms with Gasteiger partial charge in [0.2, 0.25) is 5.91 Å². The van der Waals surface area contributed by atoms with E-state index in [1.54, 1.807) is 0 Å². The Labute approximate surface area is 127 Å². The van der Waals surface area contributed by atoms with Crippen LogP contribution in [0.2, 0.25) is 0 Å². The number of aliphatic hydroxyl groups is 1. The van der Waals surface area contributed by atoms with Crippen LogP contribution < -0.4 is 11.1 Å². The van der Waals surface area contributed by atoms with Crippen molar-refractivity contribution >= 4 is 5.91 Å². The Morgan fingerprint density at radius 3 is 2.67 bits per heavy atom. The number of hydrogen-bond donors (Lipinski definition) is 3. The maximum Gasteiger partial charge on any atom is 0.243 e. The smallest absolute Gasteiger partial charge is 0.243 e. The Morgan fingerprint density at radius 2 is 2.05 bits per heavy atom. The van der Waals surface area contributed by atoms with Crippen LogP contribution in [0.1, 0.15) is 32.3 Å². The molecule has 116 valence electrons. The lowest BCUT2D eigenvalue weighted by Gasteiger charge is -2.16. The number of rotatable bonds is 8. The molecular formula is C17H26N2O2. The van der Waals surface area contributed by atoms with Crippen molar-refractivity contribution in [1.82, 2.24) is 5.32 Å². The molecule has 4 N–H and O–H groups in total. The van der Waals surface area contributed by atoms with Gasteiger partial charge in [0.05, 0.1) is 6.10 Å². The van der Waals surface area contributed by atoms with Gasteiger partial charge in [-0.25, -0.2) is 0 Å². The van der Waals surface area contributed by atoms with E-state index < -0.39 is 12.1 Å². The summed E-state index contributed by atoms with van der Waals surface area (Å²) >= 11 is 0. The molecule has 1 aromatic carbocycles. The van der Waals surface area contributed by atoms with E-state index in [-0.39, 0.29) is 11.9 Å². The number of amides is 1. The summed E-state index contributed by atoms with van der Waals surface area (Å²) in [6, 6.07) is 9.46. The summed E-state index contributed by atoms with van der Waals surface area (Å²) in [5.74, 6) is -0.193. The molecule has 3 atom stereocenters. The SMILES string of the molecule is CCCC(C)NC(=O)/C=C\C(O)C(N)Cc1ccccc1. The number of nitrogens with one attached hydrogen (secondary N) is 1. The highest BCUT2D eigenvalue weighted by Gasteiger charge is 2.13. The van der Waals surface area contributed by atoms with E-state index in [0.29, 0.717) is 6.42 Å². The zero-order valence-electron chi connectivity index (χ0n) is 12.8. The molecule has 0 fully saturated rings. The molecule has 0 spiro atoms. The molecule has 0 heterocycles. The number of carbonyl (C=O) groups excluding carboxylic acids is 1. The van der Waals surface area contributed by atoms with Crippen LogP contribution in [0.4, 0.5) is 0 Å². The van der Waals surface area contributed by atoms with Crippen LogP contribution in [0.3, 0.4) is 0 Å². The first-order valence-electron chi connectivity index (χ1n) is 7.49. The highest BCUT2D eigenvalue weighted by atomic mass is 16.3. The van der Waals surface area contributed by atoms with Crippen LogP contribution in [-0.2, 0) is 11.2 Å². The Kier molecular flexibility index (Phi) is 7.72. The zero-order chi connectivity index (χ0) is 15.7. The van der Waals surface area contributed by atoms with Gasteiger partial charge in [0, 0.05) is 18.2 Å². The molecular weight excluding hydrogens is 264 g/mol. The van der Waals surface area contributed by atoms with Crippen molar-refractivity contribution in [2.75, 3.05) is 0 Å². The van der Waals surface area contributed by atoms with Crippen molar-refractivity contribution in [2.45, 2.75) is 51.3 Å². The highest BCUT2D eigenvalue weighted by molar-refractivity contribution is 5.87. The maximum atomic E-state index is 11.7. The largest absolute Gasteiger partial charge is 0.387 e. The molecule has 1 amide bonds. The first kappa shape index (κ1) is 17.4. The maximum absolute atomic E-state index is 11.7. The van der Waals surface area contributed by atoms with E-state index in [4.69, 9.17) is 5.73 Å². The molecule has 1 rings (SSSR count). The third-order valence-electron chi connectivity index (χ3n) is 3.31. The molecule has 1 aromatic rings. The van der Waals surface area contributed by atoms with Crippen molar-refractivity contribution in [3.05, 3.63) is 48.0 Å². The summed E-state index contributed by atoms with van der Waals surface area (Å²) in [5, 5.41) is 12.8. The van der Waals surface area contributed by atoms with Crippen molar-refractivity contribution in [3.63, 3.8) is 0 Å². The lowest BCUT2D eigenvalue weighted by atomic mass is 10.0. The standard InChI is InChI=1S/C17H26N2O2/c1-3-7-13(2)19-17(21)11-10-16(20)15(18)12-14-8-5-4-6-9-14/h4-6,8-11,13,15-16,20H,3,7,12,18H2,1-2H3,(H,19,21)/b11-10-. The summed E-state index contributed by atoms with van der Waals surface area (Å²) in [4.78, 5) is 11.7. The van der Waals surface area contributed by atoms with Gasteiger partial charge in [-0.3, -0.25) is 4.79 Å². The van der Waals surface area contributed by atoms with Crippen molar-refractivity contribution in [3.8, 4) is 0 Å². The fourth-order valence-electron chi connectivity index (χ4n) is 2.13. The Balaban J connectivity index is 2.42. The molecule has 0 radical (unpaired) electrons. The average molecular weight is 290 g/mol. The monoisotopic (exact) mass is 290 g/mol. The summed E-state index contributed by atoms with van der Waals surface area (Å²) < 4.78 is 0. The minimum absolute atomic E-state index is 0.141. The van der Waals surface area contributed by atoms with E-state index in [2.05, 4.69) is 12.2 Å². The zero-order valence-corrected chi connectivity index (χ0v) is 12.8. The third-order valence-corrected chi connectivity index (χ3v) is 3.31. The van der Waals surface area contributed by atoms with Gasteiger partial charge in [-0.1, -0.05) is 43.7 Å². The second-order valence-electron chi connectivity index (χ2n) is 5.40. The van der Waals surface area contributed by atoms with E-state index in [9.17, 15) is 9.90 Å². The first-order valence-corrected chi connectivity index (χ1v) is 7.49. The molecule has 0 saturated heterocycles. The molecule has 0 bridgehead atoms. The normalized spacial score (nSPS) is 15.6. The molecule has 4 nitrogen and oxygen atoms in total. The minimum Gasteiger partial charge on any atom is -0.387 e. The topological polar surface area (TPSA) is 75.3 Å².